The van der Waals surface area contributed by atoms with E-state index in [0.29, 0.717) is 0 Å². The summed E-state index contributed by atoms with van der Waals surface area (Å²) in [7, 11) is 0. The molecule has 0 unspecified atom stereocenters. The third kappa shape index (κ3) is 5.26. The van der Waals surface area contributed by atoms with E-state index in [1.165, 1.54) is 18.3 Å². The fourth-order valence-electron chi connectivity index (χ4n) is 0.522. The SMILES string of the molecule is N#CN=C(N)N.Oc1ccccc1O. The van der Waals surface area contributed by atoms with E-state index >= 15 is 0 Å². The van der Waals surface area contributed by atoms with Crippen molar-refractivity contribution in [2.45, 2.75) is 0 Å². The maximum Gasteiger partial charge on any atom is 0.209 e. The topological polar surface area (TPSA) is 129 Å². The molecule has 0 aliphatic heterocycles. The second-order valence-electron chi connectivity index (χ2n) is 2.13. The number of nitrogens with zero attached hydrogens (tertiary/aromatic N) is 2. The molecule has 0 heterocycles. The van der Waals surface area contributed by atoms with Gasteiger partial charge in [0.05, 0.1) is 0 Å². The number of phenols is 2. The Bertz CT molecular complexity index is 332. The Kier molecular flexibility index (Phi) is 5.07. The molecular weight excluding hydrogens is 184 g/mol. The van der Waals surface area contributed by atoms with Crippen LogP contribution in [0.3, 0.4) is 0 Å². The first-order valence-corrected chi connectivity index (χ1v) is 3.52. The molecule has 0 aromatic heterocycles. The van der Waals surface area contributed by atoms with Gasteiger partial charge in [0.25, 0.3) is 0 Å². The summed E-state index contributed by atoms with van der Waals surface area (Å²) in [6.07, 6.45) is 1.41. The van der Waals surface area contributed by atoms with Gasteiger partial charge in [-0.05, 0) is 12.1 Å². The fraction of sp³-hybridized carbons (Fsp3) is 0. The van der Waals surface area contributed by atoms with E-state index in [9.17, 15) is 0 Å². The molecule has 0 saturated heterocycles. The van der Waals surface area contributed by atoms with Gasteiger partial charge in [0.2, 0.25) is 12.2 Å². The first-order valence-electron chi connectivity index (χ1n) is 3.52. The van der Waals surface area contributed by atoms with Gasteiger partial charge in [-0.25, -0.2) is 0 Å². The van der Waals surface area contributed by atoms with Crippen LogP contribution in [0.25, 0.3) is 0 Å². The highest BCUT2D eigenvalue weighted by Crippen LogP contribution is 2.21. The number of aliphatic imine (C=N–C) groups is 1. The number of benzene rings is 1. The molecule has 0 bridgehead atoms. The van der Waals surface area contributed by atoms with Crippen LogP contribution in [0.15, 0.2) is 29.3 Å². The van der Waals surface area contributed by atoms with Gasteiger partial charge in [0.1, 0.15) is 0 Å². The second kappa shape index (κ2) is 6.14. The number of phenolic OH excluding ortho intramolecular Hbond substituents is 2. The summed E-state index contributed by atoms with van der Waals surface area (Å²) in [5.74, 6) is -0.350. The number of hydrogen-bond acceptors (Lipinski definition) is 4. The Morgan fingerprint density at radius 1 is 1.21 bits per heavy atom. The lowest BCUT2D eigenvalue weighted by molar-refractivity contribution is 0.404. The summed E-state index contributed by atoms with van der Waals surface area (Å²) >= 11 is 0. The van der Waals surface area contributed by atoms with Gasteiger partial charge in [-0.2, -0.15) is 5.26 Å². The fourth-order valence-corrected chi connectivity index (χ4v) is 0.522. The molecule has 14 heavy (non-hydrogen) atoms. The minimum atomic E-state index is -0.197. The van der Waals surface area contributed by atoms with E-state index in [1.54, 1.807) is 12.1 Å². The summed E-state index contributed by atoms with van der Waals surface area (Å²) in [4.78, 5) is 2.90. The van der Waals surface area contributed by atoms with Gasteiger partial charge in [-0.3, -0.25) is 0 Å². The van der Waals surface area contributed by atoms with Crippen LogP contribution < -0.4 is 11.5 Å². The van der Waals surface area contributed by atoms with Crippen LogP contribution >= 0.6 is 0 Å². The normalized spacial score (nSPS) is 7.64. The van der Waals surface area contributed by atoms with Crippen LogP contribution in [-0.4, -0.2) is 16.2 Å². The number of guanidine groups is 1. The molecule has 0 spiro atoms. The lowest BCUT2D eigenvalue weighted by Crippen LogP contribution is -2.21. The van der Waals surface area contributed by atoms with E-state index < -0.39 is 0 Å². The van der Waals surface area contributed by atoms with Gasteiger partial charge < -0.3 is 21.7 Å². The average molecular weight is 194 g/mol. The molecule has 1 rings (SSSR count). The van der Waals surface area contributed by atoms with Crippen molar-refractivity contribution in [2.75, 3.05) is 0 Å². The molecular formula is C8H10N4O2. The summed E-state index contributed by atoms with van der Waals surface area (Å²) in [6, 6.07) is 6.15. The Morgan fingerprint density at radius 2 is 1.64 bits per heavy atom. The molecule has 6 nitrogen and oxygen atoms in total. The Balaban J connectivity index is 0.000000255. The summed E-state index contributed by atoms with van der Waals surface area (Å²) in [5, 5.41) is 25.0. The minimum Gasteiger partial charge on any atom is -0.504 e. The third-order valence-electron chi connectivity index (χ3n) is 1.06. The van der Waals surface area contributed by atoms with Crippen molar-refractivity contribution >= 4 is 5.96 Å². The number of rotatable bonds is 0. The van der Waals surface area contributed by atoms with Crippen LogP contribution in [0.5, 0.6) is 11.5 Å². The van der Waals surface area contributed by atoms with Crippen LogP contribution in [0.1, 0.15) is 0 Å². The molecule has 0 atom stereocenters. The van der Waals surface area contributed by atoms with Gasteiger partial charge in [0, 0.05) is 0 Å². The van der Waals surface area contributed by atoms with Crippen LogP contribution in [0.2, 0.25) is 0 Å². The van der Waals surface area contributed by atoms with Crippen molar-refractivity contribution in [2.24, 2.45) is 16.5 Å². The summed E-state index contributed by atoms with van der Waals surface area (Å²) in [6.45, 7) is 0. The summed E-state index contributed by atoms with van der Waals surface area (Å²) < 4.78 is 0. The zero-order chi connectivity index (χ0) is 11.0. The van der Waals surface area contributed by atoms with Crippen LogP contribution in [0, 0.1) is 11.5 Å². The van der Waals surface area contributed by atoms with Gasteiger partial charge in [0.15, 0.2) is 11.5 Å². The number of aromatic hydroxyl groups is 2. The molecule has 0 amide bonds. The van der Waals surface area contributed by atoms with Gasteiger partial charge >= 0.3 is 0 Å². The van der Waals surface area contributed by atoms with Gasteiger partial charge in [-0.1, -0.05) is 12.1 Å². The molecule has 0 fully saturated rings. The predicted octanol–water partition coefficient (Wildman–Crippen LogP) is -0.161. The van der Waals surface area contributed by atoms with E-state index in [-0.39, 0.29) is 17.5 Å². The average Bonchev–Trinajstić information content (AvgIpc) is 2.11. The quantitative estimate of drug-likeness (QED) is 0.197. The van der Waals surface area contributed by atoms with E-state index in [1.807, 2.05) is 0 Å². The highest BCUT2D eigenvalue weighted by molar-refractivity contribution is 5.76. The molecule has 0 aliphatic rings. The Hall–Kier alpha value is -2.42. The Labute approximate surface area is 80.7 Å². The zero-order valence-electron chi connectivity index (χ0n) is 7.25. The number of nitriles is 1. The molecule has 0 radical (unpaired) electrons. The van der Waals surface area contributed by atoms with Gasteiger partial charge in [-0.15, -0.1) is 4.99 Å². The molecule has 1 aromatic carbocycles. The Morgan fingerprint density at radius 3 is 1.79 bits per heavy atom. The standard InChI is InChI=1S/C6H6O2.C2H4N4/c7-5-3-1-2-4-6(5)8;3-1-6-2(4)5/h1-4,7-8H;(H4,4,5,6). The third-order valence-corrected chi connectivity index (χ3v) is 1.06. The van der Waals surface area contributed by atoms with Crippen molar-refractivity contribution in [3.8, 4) is 17.7 Å². The predicted molar refractivity (Wildman–Crippen MR) is 51.2 cm³/mol. The number of para-hydroxylation sites is 2. The minimum absolute atomic E-state index is 0.0764. The smallest absolute Gasteiger partial charge is 0.209 e. The summed E-state index contributed by atoms with van der Waals surface area (Å²) in [5.41, 5.74) is 9.42. The molecule has 6 heteroatoms. The van der Waals surface area contributed by atoms with Crippen molar-refractivity contribution in [3.63, 3.8) is 0 Å². The van der Waals surface area contributed by atoms with E-state index in [4.69, 9.17) is 26.9 Å². The molecule has 0 aliphatic carbocycles. The number of nitrogens with two attached hydrogens (primary N) is 2. The van der Waals surface area contributed by atoms with Crippen LogP contribution in [0.4, 0.5) is 0 Å². The lowest BCUT2D eigenvalue weighted by Gasteiger charge is -1.91. The maximum absolute atomic E-state index is 8.67. The highest BCUT2D eigenvalue weighted by atomic mass is 16.3. The van der Waals surface area contributed by atoms with Crippen LogP contribution in [-0.2, 0) is 0 Å². The largest absolute Gasteiger partial charge is 0.504 e. The molecule has 6 N–H and O–H groups in total. The first-order chi connectivity index (χ1) is 6.57. The highest BCUT2D eigenvalue weighted by Gasteiger charge is 1.90. The van der Waals surface area contributed by atoms with Crippen molar-refractivity contribution < 1.29 is 10.2 Å². The monoisotopic (exact) mass is 194 g/mol. The molecule has 74 valence electrons. The molecule has 0 saturated carbocycles. The molecule has 1 aromatic rings. The number of hydrogen-bond donors (Lipinski definition) is 4. The van der Waals surface area contributed by atoms with Crippen molar-refractivity contribution in [3.05, 3.63) is 24.3 Å². The van der Waals surface area contributed by atoms with Crippen molar-refractivity contribution in [1.82, 2.24) is 0 Å². The second-order valence-corrected chi connectivity index (χ2v) is 2.13. The first kappa shape index (κ1) is 11.6. The van der Waals surface area contributed by atoms with Crippen molar-refractivity contribution in [1.29, 1.82) is 5.26 Å². The van der Waals surface area contributed by atoms with E-state index in [0.717, 1.165) is 0 Å². The van der Waals surface area contributed by atoms with E-state index in [2.05, 4.69) is 4.99 Å². The zero-order valence-corrected chi connectivity index (χ0v) is 7.25. The maximum atomic E-state index is 8.67. The lowest BCUT2D eigenvalue weighted by atomic mass is 10.3.